The van der Waals surface area contributed by atoms with Crippen molar-refractivity contribution < 1.29 is 4.79 Å². The SMILES string of the molecule is O=C(NC(CN1CCCC1)c1ccccc1)C1CCCN(c2ncccn2)C1. The van der Waals surface area contributed by atoms with Gasteiger partial charge in [0.2, 0.25) is 11.9 Å². The summed E-state index contributed by atoms with van der Waals surface area (Å²) in [5, 5.41) is 3.35. The zero-order valence-electron chi connectivity index (χ0n) is 16.3. The van der Waals surface area contributed by atoms with Gasteiger partial charge in [0.15, 0.2) is 0 Å². The van der Waals surface area contributed by atoms with E-state index in [1.54, 1.807) is 12.4 Å². The van der Waals surface area contributed by atoms with Gasteiger partial charge in [-0.3, -0.25) is 4.79 Å². The number of likely N-dealkylation sites (tertiary alicyclic amines) is 1. The zero-order valence-corrected chi connectivity index (χ0v) is 16.3. The summed E-state index contributed by atoms with van der Waals surface area (Å²) in [4.78, 5) is 26.4. The van der Waals surface area contributed by atoms with E-state index in [1.165, 1.54) is 18.4 Å². The number of hydrogen-bond acceptors (Lipinski definition) is 5. The number of nitrogens with zero attached hydrogens (tertiary/aromatic N) is 4. The molecule has 0 saturated carbocycles. The Kier molecular flexibility index (Phi) is 6.17. The van der Waals surface area contributed by atoms with E-state index in [9.17, 15) is 4.79 Å². The fourth-order valence-electron chi connectivity index (χ4n) is 4.26. The highest BCUT2D eigenvalue weighted by molar-refractivity contribution is 5.80. The highest BCUT2D eigenvalue weighted by atomic mass is 16.2. The van der Waals surface area contributed by atoms with Crippen molar-refractivity contribution in [3.8, 4) is 0 Å². The highest BCUT2D eigenvalue weighted by Crippen LogP contribution is 2.23. The monoisotopic (exact) mass is 379 g/mol. The summed E-state index contributed by atoms with van der Waals surface area (Å²) in [5.74, 6) is 0.840. The second-order valence-electron chi connectivity index (χ2n) is 7.81. The topological polar surface area (TPSA) is 61.4 Å². The standard InChI is InChI=1S/C22H29N5O/c28-21(19-10-6-15-27(16-19)22-23-11-7-12-24-22)25-20(17-26-13-4-5-14-26)18-8-2-1-3-9-18/h1-3,7-9,11-12,19-20H,4-6,10,13-17H2,(H,25,28). The molecule has 0 spiro atoms. The van der Waals surface area contributed by atoms with Crippen molar-refractivity contribution in [2.24, 2.45) is 5.92 Å². The molecule has 2 aliphatic heterocycles. The van der Waals surface area contributed by atoms with Crippen molar-refractivity contribution in [1.29, 1.82) is 0 Å². The molecule has 1 N–H and O–H groups in total. The predicted octanol–water partition coefficient (Wildman–Crippen LogP) is 2.65. The van der Waals surface area contributed by atoms with Crippen LogP contribution in [0.5, 0.6) is 0 Å². The number of hydrogen-bond donors (Lipinski definition) is 1. The number of rotatable bonds is 6. The third-order valence-electron chi connectivity index (χ3n) is 5.79. The molecular weight excluding hydrogens is 350 g/mol. The number of carbonyl (C=O) groups excluding carboxylic acids is 1. The van der Waals surface area contributed by atoms with Gasteiger partial charge in [0, 0.05) is 32.0 Å². The van der Waals surface area contributed by atoms with Crippen LogP contribution in [0, 0.1) is 5.92 Å². The van der Waals surface area contributed by atoms with E-state index in [-0.39, 0.29) is 17.9 Å². The molecule has 1 amide bonds. The fraction of sp³-hybridized carbons (Fsp3) is 0.500. The smallest absolute Gasteiger partial charge is 0.225 e. The van der Waals surface area contributed by atoms with E-state index >= 15 is 0 Å². The van der Waals surface area contributed by atoms with Gasteiger partial charge in [0.25, 0.3) is 0 Å². The lowest BCUT2D eigenvalue weighted by Gasteiger charge is -2.33. The van der Waals surface area contributed by atoms with Crippen molar-refractivity contribution in [2.45, 2.75) is 31.7 Å². The molecule has 0 bridgehead atoms. The first kappa shape index (κ1) is 18.9. The Labute approximate surface area is 167 Å². The van der Waals surface area contributed by atoms with Gasteiger partial charge in [0.1, 0.15) is 0 Å². The Bertz CT molecular complexity index is 748. The quantitative estimate of drug-likeness (QED) is 0.836. The van der Waals surface area contributed by atoms with Gasteiger partial charge in [-0.1, -0.05) is 30.3 Å². The van der Waals surface area contributed by atoms with E-state index in [4.69, 9.17) is 0 Å². The summed E-state index contributed by atoms with van der Waals surface area (Å²) >= 11 is 0. The number of aromatic nitrogens is 2. The number of nitrogens with one attached hydrogen (secondary N) is 1. The molecule has 28 heavy (non-hydrogen) atoms. The average molecular weight is 380 g/mol. The molecule has 3 heterocycles. The van der Waals surface area contributed by atoms with E-state index < -0.39 is 0 Å². The summed E-state index contributed by atoms with van der Waals surface area (Å²) in [7, 11) is 0. The fourth-order valence-corrected chi connectivity index (χ4v) is 4.26. The minimum Gasteiger partial charge on any atom is -0.348 e. The number of piperidine rings is 1. The number of amides is 1. The molecule has 4 rings (SSSR count). The van der Waals surface area contributed by atoms with E-state index in [0.717, 1.165) is 45.0 Å². The maximum Gasteiger partial charge on any atom is 0.225 e. The van der Waals surface area contributed by atoms with Crippen molar-refractivity contribution in [3.63, 3.8) is 0 Å². The molecule has 2 fully saturated rings. The molecule has 6 heteroatoms. The van der Waals surface area contributed by atoms with Crippen molar-refractivity contribution in [2.75, 3.05) is 37.6 Å². The Hall–Kier alpha value is -2.47. The molecule has 6 nitrogen and oxygen atoms in total. The van der Waals surface area contributed by atoms with Gasteiger partial charge < -0.3 is 15.1 Å². The van der Waals surface area contributed by atoms with Gasteiger partial charge in [-0.15, -0.1) is 0 Å². The molecule has 2 aromatic rings. The van der Waals surface area contributed by atoms with Crippen LogP contribution in [0.1, 0.15) is 37.3 Å². The Morgan fingerprint density at radius 1 is 1.04 bits per heavy atom. The number of benzene rings is 1. The van der Waals surface area contributed by atoms with Crippen molar-refractivity contribution >= 4 is 11.9 Å². The summed E-state index contributed by atoms with van der Waals surface area (Å²) < 4.78 is 0. The van der Waals surface area contributed by atoms with Gasteiger partial charge >= 0.3 is 0 Å². The maximum absolute atomic E-state index is 13.1. The van der Waals surface area contributed by atoms with Crippen LogP contribution in [0.15, 0.2) is 48.8 Å². The summed E-state index contributed by atoms with van der Waals surface area (Å²) in [5.41, 5.74) is 1.18. The van der Waals surface area contributed by atoms with Crippen LogP contribution in [0.3, 0.4) is 0 Å². The number of carbonyl (C=O) groups is 1. The normalized spacial score (nSPS) is 21.4. The molecule has 1 aromatic heterocycles. The highest BCUT2D eigenvalue weighted by Gasteiger charge is 2.29. The van der Waals surface area contributed by atoms with Crippen LogP contribution in [0.2, 0.25) is 0 Å². The first-order valence-electron chi connectivity index (χ1n) is 10.4. The van der Waals surface area contributed by atoms with Crippen LogP contribution in [-0.4, -0.2) is 53.5 Å². The molecule has 0 aliphatic carbocycles. The molecule has 2 atom stereocenters. The molecule has 2 aliphatic rings. The third kappa shape index (κ3) is 4.68. The molecule has 0 radical (unpaired) electrons. The first-order chi connectivity index (χ1) is 13.8. The maximum atomic E-state index is 13.1. The van der Waals surface area contributed by atoms with Gasteiger partial charge in [-0.2, -0.15) is 0 Å². The minimum atomic E-state index is -0.0256. The first-order valence-corrected chi connectivity index (χ1v) is 10.4. The lowest BCUT2D eigenvalue weighted by Crippen LogP contribution is -2.46. The summed E-state index contributed by atoms with van der Waals surface area (Å²) in [6, 6.07) is 12.2. The summed E-state index contributed by atoms with van der Waals surface area (Å²) in [6.45, 7) is 4.72. The van der Waals surface area contributed by atoms with Crippen LogP contribution < -0.4 is 10.2 Å². The van der Waals surface area contributed by atoms with Gasteiger partial charge in [-0.25, -0.2) is 9.97 Å². The van der Waals surface area contributed by atoms with Crippen LogP contribution >= 0.6 is 0 Å². The zero-order chi connectivity index (χ0) is 19.2. The van der Waals surface area contributed by atoms with Crippen molar-refractivity contribution in [1.82, 2.24) is 20.2 Å². The Morgan fingerprint density at radius 3 is 2.54 bits per heavy atom. The van der Waals surface area contributed by atoms with Crippen molar-refractivity contribution in [3.05, 3.63) is 54.4 Å². The van der Waals surface area contributed by atoms with Crippen LogP contribution in [0.4, 0.5) is 5.95 Å². The van der Waals surface area contributed by atoms with Crippen LogP contribution in [0.25, 0.3) is 0 Å². The lowest BCUT2D eigenvalue weighted by atomic mass is 9.96. The van der Waals surface area contributed by atoms with E-state index in [1.807, 2.05) is 24.3 Å². The minimum absolute atomic E-state index is 0.0256. The molecule has 2 unspecified atom stereocenters. The lowest BCUT2D eigenvalue weighted by molar-refractivity contribution is -0.126. The average Bonchev–Trinajstić information content (AvgIpc) is 3.28. The van der Waals surface area contributed by atoms with Gasteiger partial charge in [-0.05, 0) is 50.4 Å². The second kappa shape index (κ2) is 9.15. The second-order valence-corrected chi connectivity index (χ2v) is 7.81. The van der Waals surface area contributed by atoms with E-state index in [0.29, 0.717) is 6.54 Å². The van der Waals surface area contributed by atoms with Gasteiger partial charge in [0.05, 0.1) is 12.0 Å². The molecule has 1 aromatic carbocycles. The molecule has 2 saturated heterocycles. The number of anilines is 1. The Morgan fingerprint density at radius 2 is 1.79 bits per heavy atom. The molecule has 148 valence electrons. The third-order valence-corrected chi connectivity index (χ3v) is 5.79. The summed E-state index contributed by atoms with van der Waals surface area (Å²) in [6.07, 6.45) is 7.92. The van der Waals surface area contributed by atoms with E-state index in [2.05, 4.69) is 37.2 Å². The molecular formula is C22H29N5O. The largest absolute Gasteiger partial charge is 0.348 e. The van der Waals surface area contributed by atoms with Crippen LogP contribution in [-0.2, 0) is 4.79 Å². The predicted molar refractivity (Wildman–Crippen MR) is 110 cm³/mol. The Balaban J connectivity index is 1.43.